The molecule has 0 aromatic carbocycles. The Morgan fingerprint density at radius 2 is 2.06 bits per heavy atom. The van der Waals surface area contributed by atoms with E-state index in [0.717, 1.165) is 12.8 Å². The van der Waals surface area contributed by atoms with Gasteiger partial charge in [-0.2, -0.15) is 0 Å². The Morgan fingerprint density at radius 1 is 1.44 bits per heavy atom. The van der Waals surface area contributed by atoms with E-state index in [1.54, 1.807) is 0 Å². The highest BCUT2D eigenvalue weighted by molar-refractivity contribution is 5.82. The van der Waals surface area contributed by atoms with Crippen LogP contribution in [0, 0.1) is 0 Å². The summed E-state index contributed by atoms with van der Waals surface area (Å²) in [6.07, 6.45) is 1.40. The molecule has 1 saturated heterocycles. The van der Waals surface area contributed by atoms with Crippen LogP contribution in [0.2, 0.25) is 0 Å². The molecule has 0 radical (unpaired) electrons. The first-order valence-electron chi connectivity index (χ1n) is 5.73. The summed E-state index contributed by atoms with van der Waals surface area (Å²) in [6.45, 7) is 3.99. The number of nitrogens with one attached hydrogen (secondary N) is 1. The average Bonchev–Trinajstić information content (AvgIpc) is 2.66. The van der Waals surface area contributed by atoms with Gasteiger partial charge in [-0.15, -0.1) is 0 Å². The standard InChI is InChI=1S/C11H19NO4/c1-3-4-7(2)12-10(13)8-5-6-9(16-8)11(14)15/h7-9H,3-6H2,1-2H3,(H,12,13)(H,14,15)/t7?,8-,9+/m0/s1. The van der Waals surface area contributed by atoms with E-state index in [0.29, 0.717) is 12.8 Å². The van der Waals surface area contributed by atoms with Crippen LogP contribution in [0.3, 0.4) is 0 Å². The molecule has 5 nitrogen and oxygen atoms in total. The zero-order valence-corrected chi connectivity index (χ0v) is 9.73. The quantitative estimate of drug-likeness (QED) is 0.735. The van der Waals surface area contributed by atoms with Gasteiger partial charge in [0, 0.05) is 6.04 Å². The number of hydrogen-bond donors (Lipinski definition) is 2. The number of amides is 1. The van der Waals surface area contributed by atoms with Crippen LogP contribution in [0.5, 0.6) is 0 Å². The van der Waals surface area contributed by atoms with Crippen LogP contribution in [-0.2, 0) is 14.3 Å². The number of ether oxygens (including phenoxy) is 1. The van der Waals surface area contributed by atoms with E-state index in [1.807, 2.05) is 6.92 Å². The lowest BCUT2D eigenvalue weighted by Gasteiger charge is -2.16. The summed E-state index contributed by atoms with van der Waals surface area (Å²) >= 11 is 0. The van der Waals surface area contributed by atoms with Gasteiger partial charge in [0.1, 0.15) is 6.10 Å². The maximum absolute atomic E-state index is 11.7. The Balaban J connectivity index is 2.36. The summed E-state index contributed by atoms with van der Waals surface area (Å²) in [5.41, 5.74) is 0. The van der Waals surface area contributed by atoms with E-state index in [4.69, 9.17) is 9.84 Å². The van der Waals surface area contributed by atoms with E-state index in [2.05, 4.69) is 12.2 Å². The predicted octanol–water partition coefficient (Wildman–Crippen LogP) is 0.923. The zero-order valence-electron chi connectivity index (χ0n) is 9.73. The topological polar surface area (TPSA) is 75.6 Å². The molecule has 1 unspecified atom stereocenters. The monoisotopic (exact) mass is 229 g/mol. The largest absolute Gasteiger partial charge is 0.479 e. The van der Waals surface area contributed by atoms with E-state index >= 15 is 0 Å². The minimum atomic E-state index is -0.989. The van der Waals surface area contributed by atoms with Crippen molar-refractivity contribution >= 4 is 11.9 Å². The minimum absolute atomic E-state index is 0.116. The van der Waals surface area contributed by atoms with Crippen molar-refractivity contribution in [1.82, 2.24) is 5.32 Å². The number of aliphatic carboxylic acids is 1. The maximum Gasteiger partial charge on any atom is 0.332 e. The third-order valence-electron chi connectivity index (χ3n) is 2.70. The summed E-state index contributed by atoms with van der Waals surface area (Å²) < 4.78 is 5.15. The van der Waals surface area contributed by atoms with Gasteiger partial charge in [-0.05, 0) is 26.2 Å². The Hall–Kier alpha value is -1.10. The summed E-state index contributed by atoms with van der Waals surface area (Å²) in [4.78, 5) is 22.3. The van der Waals surface area contributed by atoms with Gasteiger partial charge in [0.15, 0.2) is 6.10 Å². The highest BCUT2D eigenvalue weighted by Gasteiger charge is 2.34. The fourth-order valence-electron chi connectivity index (χ4n) is 1.85. The molecule has 1 aliphatic heterocycles. The van der Waals surface area contributed by atoms with Gasteiger partial charge >= 0.3 is 5.97 Å². The van der Waals surface area contributed by atoms with Crippen molar-refractivity contribution in [2.75, 3.05) is 0 Å². The van der Waals surface area contributed by atoms with Crippen molar-refractivity contribution in [2.45, 2.75) is 57.8 Å². The van der Waals surface area contributed by atoms with Gasteiger partial charge in [-0.25, -0.2) is 4.79 Å². The minimum Gasteiger partial charge on any atom is -0.479 e. The second-order valence-electron chi connectivity index (χ2n) is 4.23. The number of carbonyl (C=O) groups is 2. The van der Waals surface area contributed by atoms with Crippen LogP contribution in [0.25, 0.3) is 0 Å². The summed E-state index contributed by atoms with van der Waals surface area (Å²) in [6, 6.07) is 0.116. The first-order valence-corrected chi connectivity index (χ1v) is 5.73. The molecule has 1 heterocycles. The smallest absolute Gasteiger partial charge is 0.332 e. The second-order valence-corrected chi connectivity index (χ2v) is 4.23. The van der Waals surface area contributed by atoms with Gasteiger partial charge in [0.05, 0.1) is 0 Å². The van der Waals surface area contributed by atoms with Gasteiger partial charge in [-0.3, -0.25) is 4.79 Å². The van der Waals surface area contributed by atoms with Crippen molar-refractivity contribution < 1.29 is 19.4 Å². The summed E-state index contributed by atoms with van der Waals surface area (Å²) in [7, 11) is 0. The fourth-order valence-corrected chi connectivity index (χ4v) is 1.85. The molecule has 0 bridgehead atoms. The molecule has 92 valence electrons. The lowest BCUT2D eigenvalue weighted by atomic mass is 10.1. The first kappa shape index (κ1) is 13.0. The highest BCUT2D eigenvalue weighted by Crippen LogP contribution is 2.20. The lowest BCUT2D eigenvalue weighted by Crippen LogP contribution is -2.40. The second kappa shape index (κ2) is 5.84. The van der Waals surface area contributed by atoms with Crippen LogP contribution in [0.15, 0.2) is 0 Å². The van der Waals surface area contributed by atoms with Crippen molar-refractivity contribution in [3.8, 4) is 0 Å². The van der Waals surface area contributed by atoms with Crippen molar-refractivity contribution in [2.24, 2.45) is 0 Å². The SMILES string of the molecule is CCCC(C)NC(=O)[C@@H]1CC[C@H](C(=O)O)O1. The van der Waals surface area contributed by atoms with Gasteiger partial charge in [0.2, 0.25) is 5.91 Å². The van der Waals surface area contributed by atoms with Crippen LogP contribution in [0.4, 0.5) is 0 Å². The normalized spacial score (nSPS) is 26.4. The Morgan fingerprint density at radius 3 is 2.56 bits per heavy atom. The average molecular weight is 229 g/mol. The molecule has 0 spiro atoms. The molecule has 0 saturated carbocycles. The number of hydrogen-bond acceptors (Lipinski definition) is 3. The molecular formula is C11H19NO4. The highest BCUT2D eigenvalue weighted by atomic mass is 16.5. The van der Waals surface area contributed by atoms with Crippen LogP contribution in [0.1, 0.15) is 39.5 Å². The van der Waals surface area contributed by atoms with E-state index in [1.165, 1.54) is 0 Å². The maximum atomic E-state index is 11.7. The molecule has 1 rings (SSSR count). The molecule has 3 atom stereocenters. The van der Waals surface area contributed by atoms with Crippen molar-refractivity contribution in [3.05, 3.63) is 0 Å². The fraction of sp³-hybridized carbons (Fsp3) is 0.818. The molecule has 0 aromatic heterocycles. The number of carboxylic acids is 1. The summed E-state index contributed by atoms with van der Waals surface area (Å²) in [5.74, 6) is -1.18. The van der Waals surface area contributed by atoms with Crippen LogP contribution in [-0.4, -0.2) is 35.2 Å². The third-order valence-corrected chi connectivity index (χ3v) is 2.70. The Labute approximate surface area is 95.2 Å². The molecular weight excluding hydrogens is 210 g/mol. The van der Waals surface area contributed by atoms with Gasteiger partial charge in [0.25, 0.3) is 0 Å². The third kappa shape index (κ3) is 3.48. The zero-order chi connectivity index (χ0) is 12.1. The van der Waals surface area contributed by atoms with Gasteiger partial charge in [-0.1, -0.05) is 13.3 Å². The predicted molar refractivity (Wildman–Crippen MR) is 58.0 cm³/mol. The molecule has 0 aromatic rings. The summed E-state index contributed by atoms with van der Waals surface area (Å²) in [5, 5.41) is 11.5. The molecule has 1 amide bonds. The lowest BCUT2D eigenvalue weighted by molar-refractivity contribution is -0.151. The van der Waals surface area contributed by atoms with Crippen LogP contribution >= 0.6 is 0 Å². The Kier molecular flexibility index (Phi) is 4.73. The molecule has 0 aliphatic carbocycles. The van der Waals surface area contributed by atoms with E-state index < -0.39 is 18.2 Å². The molecule has 1 aliphatic rings. The molecule has 2 N–H and O–H groups in total. The number of rotatable bonds is 5. The molecule has 16 heavy (non-hydrogen) atoms. The number of carboxylic acid groups (broad SMARTS) is 1. The van der Waals surface area contributed by atoms with Gasteiger partial charge < -0.3 is 15.2 Å². The molecule has 1 fully saturated rings. The molecule has 5 heteroatoms. The van der Waals surface area contributed by atoms with Crippen LogP contribution < -0.4 is 5.32 Å². The Bertz CT molecular complexity index is 267. The van der Waals surface area contributed by atoms with E-state index in [9.17, 15) is 9.59 Å². The van der Waals surface area contributed by atoms with Crippen molar-refractivity contribution in [3.63, 3.8) is 0 Å². The first-order chi connectivity index (χ1) is 7.54. The van der Waals surface area contributed by atoms with E-state index in [-0.39, 0.29) is 11.9 Å². The van der Waals surface area contributed by atoms with Crippen molar-refractivity contribution in [1.29, 1.82) is 0 Å². The number of carbonyl (C=O) groups excluding carboxylic acids is 1.